The molecule has 0 bridgehead atoms. The zero-order valence-electron chi connectivity index (χ0n) is 10.3. The summed E-state index contributed by atoms with van der Waals surface area (Å²) in [6.45, 7) is 3.07. The summed E-state index contributed by atoms with van der Waals surface area (Å²) < 4.78 is 13.4. The summed E-state index contributed by atoms with van der Waals surface area (Å²) >= 11 is 0. The predicted octanol–water partition coefficient (Wildman–Crippen LogP) is 1.89. The fraction of sp³-hybridized carbons (Fsp3) is 0.462. The molecule has 3 nitrogen and oxygen atoms in total. The first kappa shape index (κ1) is 8.76. The molecule has 16 heavy (non-hydrogen) atoms. The van der Waals surface area contributed by atoms with Crippen LogP contribution in [0.2, 0.25) is 0 Å². The lowest BCUT2D eigenvalue weighted by Gasteiger charge is -2.33. The van der Waals surface area contributed by atoms with E-state index in [1.54, 1.807) is 11.0 Å². The van der Waals surface area contributed by atoms with Crippen LogP contribution in [0.3, 0.4) is 0 Å². The van der Waals surface area contributed by atoms with E-state index >= 15 is 0 Å². The zero-order chi connectivity index (χ0) is 12.0. The average Bonchev–Trinajstić information content (AvgIpc) is 3.08. The summed E-state index contributed by atoms with van der Waals surface area (Å²) in [6, 6.07) is 5.96. The quantitative estimate of drug-likeness (QED) is 0.720. The fourth-order valence-electron chi connectivity index (χ4n) is 2.25. The van der Waals surface area contributed by atoms with Crippen LogP contribution < -0.4 is 4.90 Å². The fourth-order valence-corrected chi connectivity index (χ4v) is 2.25. The lowest BCUT2D eigenvalue weighted by Crippen LogP contribution is -2.49. The average molecular weight is 218 g/mol. The Hall–Kier alpha value is -1.35. The Kier molecular flexibility index (Phi) is 1.82. The second-order valence-corrected chi connectivity index (χ2v) is 4.48. The van der Waals surface area contributed by atoms with E-state index in [0.717, 1.165) is 24.1 Å². The molecule has 2 aliphatic rings. The van der Waals surface area contributed by atoms with Crippen LogP contribution >= 0.6 is 0 Å². The van der Waals surface area contributed by atoms with Gasteiger partial charge in [-0.15, -0.1) is 0 Å². The van der Waals surface area contributed by atoms with Crippen molar-refractivity contribution in [3.8, 4) is 0 Å². The highest BCUT2D eigenvalue weighted by atomic mass is 16.5. The topological polar surface area (TPSA) is 29.5 Å². The van der Waals surface area contributed by atoms with Crippen molar-refractivity contribution >= 4 is 11.6 Å². The van der Waals surface area contributed by atoms with E-state index in [2.05, 4.69) is 0 Å². The Labute approximate surface area is 96.4 Å². The molecule has 1 saturated heterocycles. The normalized spacial score (nSPS) is 23.4. The number of carbonyl (C=O) groups is 1. The molecule has 3 heteroatoms. The standard InChI is InChI=1S/C13H15NO2/c1-10-4-2-3-5-11(10)14-8-9-16-13(6-7-13)12(14)15/h2-5H,6-9H2,1H3/i4D. The number of ether oxygens (including phenoxy) is 1. The number of hydrogen-bond acceptors (Lipinski definition) is 2. The molecule has 0 aromatic heterocycles. The van der Waals surface area contributed by atoms with Crippen molar-refractivity contribution < 1.29 is 10.9 Å². The summed E-state index contributed by atoms with van der Waals surface area (Å²) in [4.78, 5) is 14.1. The highest BCUT2D eigenvalue weighted by Crippen LogP contribution is 2.44. The molecular formula is C13H15NO2. The van der Waals surface area contributed by atoms with E-state index in [9.17, 15) is 4.79 Å². The first-order chi connectivity index (χ1) is 8.14. The maximum atomic E-state index is 12.3. The number of benzene rings is 1. The van der Waals surface area contributed by atoms with Gasteiger partial charge in [0.2, 0.25) is 0 Å². The predicted molar refractivity (Wildman–Crippen MR) is 61.4 cm³/mol. The van der Waals surface area contributed by atoms with E-state index in [0.29, 0.717) is 19.2 Å². The summed E-state index contributed by atoms with van der Waals surface area (Å²) in [5.74, 6) is 0.0671. The van der Waals surface area contributed by atoms with E-state index in [-0.39, 0.29) is 5.91 Å². The van der Waals surface area contributed by atoms with Crippen LogP contribution in [-0.4, -0.2) is 24.7 Å². The minimum Gasteiger partial charge on any atom is -0.363 e. The number of rotatable bonds is 1. The number of anilines is 1. The van der Waals surface area contributed by atoms with Crippen molar-refractivity contribution in [1.82, 2.24) is 0 Å². The molecule has 0 N–H and O–H groups in total. The van der Waals surface area contributed by atoms with Gasteiger partial charge in [0.05, 0.1) is 7.98 Å². The van der Waals surface area contributed by atoms with Gasteiger partial charge in [0.1, 0.15) is 5.60 Å². The minimum absolute atomic E-state index is 0.0671. The lowest BCUT2D eigenvalue weighted by molar-refractivity contribution is -0.137. The first-order valence-corrected chi connectivity index (χ1v) is 5.66. The molecule has 3 rings (SSSR count). The Bertz CT molecular complexity index is 482. The Morgan fingerprint density at radius 2 is 2.31 bits per heavy atom. The number of carbonyl (C=O) groups excluding carboxylic acids is 1. The molecule has 1 spiro atoms. The van der Waals surface area contributed by atoms with Crippen LogP contribution in [0.15, 0.2) is 24.2 Å². The highest BCUT2D eigenvalue weighted by Gasteiger charge is 2.55. The van der Waals surface area contributed by atoms with Crippen molar-refractivity contribution in [1.29, 1.82) is 0 Å². The molecule has 1 amide bonds. The van der Waals surface area contributed by atoms with Gasteiger partial charge in [0, 0.05) is 12.2 Å². The number of hydrogen-bond donors (Lipinski definition) is 0. The van der Waals surface area contributed by atoms with Crippen LogP contribution in [-0.2, 0) is 9.53 Å². The summed E-state index contributed by atoms with van der Waals surface area (Å²) in [5, 5.41) is 0. The smallest absolute Gasteiger partial charge is 0.259 e. The third kappa shape index (κ3) is 1.35. The van der Waals surface area contributed by atoms with Crippen LogP contribution in [0.25, 0.3) is 0 Å². The van der Waals surface area contributed by atoms with Gasteiger partial charge in [-0.3, -0.25) is 4.79 Å². The summed E-state index contributed by atoms with van der Waals surface area (Å²) in [7, 11) is 0. The minimum atomic E-state index is -0.525. The maximum Gasteiger partial charge on any atom is 0.259 e. The van der Waals surface area contributed by atoms with E-state index in [4.69, 9.17) is 6.11 Å². The monoisotopic (exact) mass is 218 g/mol. The third-order valence-corrected chi connectivity index (χ3v) is 3.36. The molecule has 1 saturated carbocycles. The zero-order valence-corrected chi connectivity index (χ0v) is 9.32. The van der Waals surface area contributed by atoms with Gasteiger partial charge in [-0.1, -0.05) is 18.2 Å². The number of amides is 1. The van der Waals surface area contributed by atoms with Crippen molar-refractivity contribution in [2.24, 2.45) is 0 Å². The molecule has 0 radical (unpaired) electrons. The largest absolute Gasteiger partial charge is 0.363 e. The molecule has 2 fully saturated rings. The van der Waals surface area contributed by atoms with Gasteiger partial charge < -0.3 is 9.64 Å². The van der Waals surface area contributed by atoms with Crippen LogP contribution in [0, 0.1) is 6.92 Å². The van der Waals surface area contributed by atoms with Gasteiger partial charge in [-0.25, -0.2) is 0 Å². The Morgan fingerprint density at radius 1 is 1.50 bits per heavy atom. The maximum absolute atomic E-state index is 12.3. The van der Waals surface area contributed by atoms with Crippen LogP contribution in [0.5, 0.6) is 0 Å². The van der Waals surface area contributed by atoms with Gasteiger partial charge >= 0.3 is 0 Å². The van der Waals surface area contributed by atoms with Gasteiger partial charge in [0.15, 0.2) is 0 Å². The van der Waals surface area contributed by atoms with Gasteiger partial charge in [-0.2, -0.15) is 0 Å². The highest BCUT2D eigenvalue weighted by molar-refractivity contribution is 6.02. The lowest BCUT2D eigenvalue weighted by atomic mass is 10.1. The molecule has 1 aromatic rings. The number of para-hydroxylation sites is 1. The van der Waals surface area contributed by atoms with Crippen molar-refractivity contribution in [2.45, 2.75) is 25.4 Å². The van der Waals surface area contributed by atoms with Crippen LogP contribution in [0.4, 0.5) is 5.69 Å². The van der Waals surface area contributed by atoms with Crippen LogP contribution in [0.1, 0.15) is 19.8 Å². The van der Waals surface area contributed by atoms with Crippen molar-refractivity contribution in [2.75, 3.05) is 18.1 Å². The molecule has 1 aliphatic carbocycles. The SMILES string of the molecule is [2H]c1cccc(N2CCOC3(CC3)C2=O)c1C. The molecule has 84 valence electrons. The number of nitrogens with zero attached hydrogens (tertiary/aromatic N) is 1. The van der Waals surface area contributed by atoms with Crippen molar-refractivity contribution in [3.63, 3.8) is 0 Å². The molecule has 1 heterocycles. The first-order valence-electron chi connectivity index (χ1n) is 6.16. The second kappa shape index (κ2) is 3.32. The van der Waals surface area contributed by atoms with E-state index < -0.39 is 5.60 Å². The van der Waals surface area contributed by atoms with Gasteiger partial charge in [-0.05, 0) is 31.4 Å². The third-order valence-electron chi connectivity index (χ3n) is 3.36. The summed E-state index contributed by atoms with van der Waals surface area (Å²) in [6.07, 6.45) is 1.67. The van der Waals surface area contributed by atoms with E-state index in [1.165, 1.54) is 0 Å². The molecular weight excluding hydrogens is 202 g/mol. The molecule has 1 aromatic carbocycles. The van der Waals surface area contributed by atoms with E-state index in [1.807, 2.05) is 19.1 Å². The molecule has 0 atom stereocenters. The Balaban J connectivity index is 1.98. The van der Waals surface area contributed by atoms with Gasteiger partial charge in [0.25, 0.3) is 5.91 Å². The molecule has 1 aliphatic heterocycles. The van der Waals surface area contributed by atoms with Crippen molar-refractivity contribution in [3.05, 3.63) is 29.8 Å². The molecule has 0 unspecified atom stereocenters. The Morgan fingerprint density at radius 3 is 3.06 bits per heavy atom. The summed E-state index contributed by atoms with van der Waals surface area (Å²) in [5.41, 5.74) is 1.19. The number of morpholine rings is 1. The second-order valence-electron chi connectivity index (χ2n) is 4.48.